The molecule has 1 fully saturated rings. The first-order valence-electron chi connectivity index (χ1n) is 6.39. The molecule has 1 aliphatic rings. The van der Waals surface area contributed by atoms with Crippen LogP contribution >= 0.6 is 0 Å². The third kappa shape index (κ3) is 2.97. The fourth-order valence-electron chi connectivity index (χ4n) is 2.35. The zero-order valence-corrected chi connectivity index (χ0v) is 11.9. The molecule has 1 aromatic carbocycles. The highest BCUT2D eigenvalue weighted by atomic mass is 32.2. The number of hydrogen-bond donors (Lipinski definition) is 0. The lowest BCUT2D eigenvalue weighted by molar-refractivity contribution is -0.141. The average Bonchev–Trinajstić information content (AvgIpc) is 2.71. The van der Waals surface area contributed by atoms with Gasteiger partial charge in [-0.3, -0.25) is 4.79 Å². The Bertz CT molecular complexity index is 548. The molecule has 1 aromatic rings. The SMILES string of the molecule is CC(C)CC1OC(=O)CC1S(=O)(=O)c1ccccc1. The second-order valence-corrected chi connectivity index (χ2v) is 7.43. The third-order valence-corrected chi connectivity index (χ3v) is 5.44. The Morgan fingerprint density at radius 2 is 1.89 bits per heavy atom. The second kappa shape index (κ2) is 5.33. The van der Waals surface area contributed by atoms with E-state index in [-0.39, 0.29) is 17.2 Å². The Hall–Kier alpha value is -1.36. The zero-order chi connectivity index (χ0) is 14.0. The fourth-order valence-corrected chi connectivity index (χ4v) is 4.16. The first kappa shape index (κ1) is 14.1. The lowest BCUT2D eigenvalue weighted by Gasteiger charge is -2.19. The Kier molecular flexibility index (Phi) is 3.94. The van der Waals surface area contributed by atoms with Gasteiger partial charge in [0.2, 0.25) is 0 Å². The summed E-state index contributed by atoms with van der Waals surface area (Å²) < 4.78 is 30.3. The molecule has 0 bridgehead atoms. The molecule has 0 radical (unpaired) electrons. The molecule has 5 heteroatoms. The molecular weight excluding hydrogens is 264 g/mol. The summed E-state index contributed by atoms with van der Waals surface area (Å²) in [5.74, 6) is -0.139. The number of benzene rings is 1. The van der Waals surface area contributed by atoms with E-state index in [4.69, 9.17) is 4.74 Å². The van der Waals surface area contributed by atoms with Crippen molar-refractivity contribution in [2.45, 2.75) is 42.9 Å². The standard InChI is InChI=1S/C14H18O4S/c1-10(2)8-12-13(9-14(15)18-12)19(16,17)11-6-4-3-5-7-11/h3-7,10,12-13H,8-9H2,1-2H3. The first-order valence-corrected chi connectivity index (χ1v) is 7.94. The van der Waals surface area contributed by atoms with Gasteiger partial charge in [-0.15, -0.1) is 0 Å². The summed E-state index contributed by atoms with van der Waals surface area (Å²) >= 11 is 0. The maximum atomic E-state index is 12.5. The molecule has 0 aliphatic carbocycles. The minimum absolute atomic E-state index is 0.0470. The molecule has 2 unspecified atom stereocenters. The quantitative estimate of drug-likeness (QED) is 0.794. The van der Waals surface area contributed by atoms with Gasteiger partial charge < -0.3 is 4.74 Å². The first-order chi connectivity index (χ1) is 8.91. The van der Waals surface area contributed by atoms with E-state index in [0.717, 1.165) is 0 Å². The van der Waals surface area contributed by atoms with Gasteiger partial charge in [-0.25, -0.2) is 8.42 Å². The maximum Gasteiger partial charge on any atom is 0.307 e. The molecular formula is C14H18O4S. The predicted molar refractivity (Wildman–Crippen MR) is 71.4 cm³/mol. The molecule has 1 heterocycles. The number of ether oxygens (including phenoxy) is 1. The van der Waals surface area contributed by atoms with E-state index < -0.39 is 27.2 Å². The van der Waals surface area contributed by atoms with Crippen LogP contribution in [0.15, 0.2) is 35.2 Å². The summed E-state index contributed by atoms with van der Waals surface area (Å²) in [5, 5.41) is -0.759. The number of esters is 1. The van der Waals surface area contributed by atoms with Gasteiger partial charge in [0.15, 0.2) is 9.84 Å². The van der Waals surface area contributed by atoms with Crippen LogP contribution < -0.4 is 0 Å². The van der Waals surface area contributed by atoms with E-state index in [0.29, 0.717) is 6.42 Å². The van der Waals surface area contributed by atoms with Crippen molar-refractivity contribution in [2.24, 2.45) is 5.92 Å². The Morgan fingerprint density at radius 3 is 2.47 bits per heavy atom. The van der Waals surface area contributed by atoms with Gasteiger partial charge >= 0.3 is 5.97 Å². The minimum atomic E-state index is -3.51. The molecule has 0 aromatic heterocycles. The zero-order valence-electron chi connectivity index (χ0n) is 11.1. The molecule has 104 valence electrons. The highest BCUT2D eigenvalue weighted by Crippen LogP contribution is 2.31. The minimum Gasteiger partial charge on any atom is -0.461 e. The van der Waals surface area contributed by atoms with Crippen molar-refractivity contribution < 1.29 is 17.9 Å². The van der Waals surface area contributed by atoms with E-state index in [1.807, 2.05) is 13.8 Å². The van der Waals surface area contributed by atoms with E-state index >= 15 is 0 Å². The Labute approximate surface area is 113 Å². The predicted octanol–water partition coefficient (Wildman–Crippen LogP) is 2.19. The number of carbonyl (C=O) groups is 1. The van der Waals surface area contributed by atoms with Gasteiger partial charge in [0.1, 0.15) is 11.4 Å². The summed E-state index contributed by atoms with van der Waals surface area (Å²) in [7, 11) is -3.51. The molecule has 0 N–H and O–H groups in total. The van der Waals surface area contributed by atoms with E-state index in [1.54, 1.807) is 30.3 Å². The third-order valence-electron chi connectivity index (χ3n) is 3.24. The van der Waals surface area contributed by atoms with Crippen LogP contribution in [0.25, 0.3) is 0 Å². The number of carbonyl (C=O) groups excluding carboxylic acids is 1. The van der Waals surface area contributed by atoms with E-state index in [2.05, 4.69) is 0 Å². The van der Waals surface area contributed by atoms with Crippen molar-refractivity contribution in [3.63, 3.8) is 0 Å². The topological polar surface area (TPSA) is 60.4 Å². The van der Waals surface area contributed by atoms with E-state index in [9.17, 15) is 13.2 Å². The summed E-state index contributed by atoms with van der Waals surface area (Å²) in [6, 6.07) is 8.25. The fraction of sp³-hybridized carbons (Fsp3) is 0.500. The average molecular weight is 282 g/mol. The van der Waals surface area contributed by atoms with E-state index in [1.165, 1.54) is 0 Å². The van der Waals surface area contributed by atoms with Crippen molar-refractivity contribution >= 4 is 15.8 Å². The number of cyclic esters (lactones) is 1. The van der Waals surface area contributed by atoms with Crippen LogP contribution in [-0.2, 0) is 19.4 Å². The highest BCUT2D eigenvalue weighted by molar-refractivity contribution is 7.92. The molecule has 0 amide bonds. The van der Waals surface area contributed by atoms with Crippen LogP contribution in [0.3, 0.4) is 0 Å². The second-order valence-electron chi connectivity index (χ2n) is 5.26. The van der Waals surface area contributed by atoms with Crippen LogP contribution in [0.2, 0.25) is 0 Å². The smallest absolute Gasteiger partial charge is 0.307 e. The number of hydrogen-bond acceptors (Lipinski definition) is 4. The van der Waals surface area contributed by atoms with Crippen LogP contribution in [0.1, 0.15) is 26.7 Å². The highest BCUT2D eigenvalue weighted by Gasteiger charge is 2.44. The Morgan fingerprint density at radius 1 is 1.26 bits per heavy atom. The molecule has 2 atom stereocenters. The normalized spacial score (nSPS) is 23.6. The molecule has 1 saturated heterocycles. The largest absolute Gasteiger partial charge is 0.461 e. The van der Waals surface area contributed by atoms with Gasteiger partial charge in [0.05, 0.1) is 11.3 Å². The Balaban J connectivity index is 2.31. The maximum absolute atomic E-state index is 12.5. The molecule has 1 aliphatic heterocycles. The van der Waals surface area contributed by atoms with Crippen molar-refractivity contribution in [3.05, 3.63) is 30.3 Å². The summed E-state index contributed by atoms with van der Waals surface area (Å²) in [5.41, 5.74) is 0. The van der Waals surface area contributed by atoms with Gasteiger partial charge in [0.25, 0.3) is 0 Å². The van der Waals surface area contributed by atoms with Crippen LogP contribution in [0.5, 0.6) is 0 Å². The lowest BCUT2D eigenvalue weighted by Crippen LogP contribution is -2.31. The molecule has 0 spiro atoms. The van der Waals surface area contributed by atoms with Crippen LogP contribution in [0.4, 0.5) is 0 Å². The molecule has 4 nitrogen and oxygen atoms in total. The van der Waals surface area contributed by atoms with Gasteiger partial charge in [0, 0.05) is 0 Å². The van der Waals surface area contributed by atoms with Crippen molar-refractivity contribution in [1.29, 1.82) is 0 Å². The summed E-state index contributed by atoms with van der Waals surface area (Å²) in [4.78, 5) is 11.7. The number of sulfone groups is 1. The molecule has 19 heavy (non-hydrogen) atoms. The molecule has 0 saturated carbocycles. The summed E-state index contributed by atoms with van der Waals surface area (Å²) in [6.07, 6.45) is -0.00502. The van der Waals surface area contributed by atoms with Crippen molar-refractivity contribution in [2.75, 3.05) is 0 Å². The van der Waals surface area contributed by atoms with Crippen LogP contribution in [-0.4, -0.2) is 25.7 Å². The van der Waals surface area contributed by atoms with Crippen molar-refractivity contribution in [1.82, 2.24) is 0 Å². The van der Waals surface area contributed by atoms with Gasteiger partial charge in [-0.05, 0) is 24.5 Å². The molecule has 2 rings (SSSR count). The summed E-state index contributed by atoms with van der Waals surface area (Å²) in [6.45, 7) is 3.97. The van der Waals surface area contributed by atoms with Crippen molar-refractivity contribution in [3.8, 4) is 0 Å². The van der Waals surface area contributed by atoms with Crippen LogP contribution in [0, 0.1) is 5.92 Å². The van der Waals surface area contributed by atoms with Gasteiger partial charge in [-0.1, -0.05) is 32.0 Å². The monoisotopic (exact) mass is 282 g/mol. The number of rotatable bonds is 4. The van der Waals surface area contributed by atoms with Gasteiger partial charge in [-0.2, -0.15) is 0 Å². The lowest BCUT2D eigenvalue weighted by atomic mass is 10.0.